The molecule has 12 heavy (non-hydrogen) atoms. The van der Waals surface area contributed by atoms with Crippen molar-refractivity contribution in [1.29, 1.82) is 0 Å². The van der Waals surface area contributed by atoms with E-state index in [0.29, 0.717) is 11.3 Å². The zero-order valence-electron chi connectivity index (χ0n) is 7.84. The van der Waals surface area contributed by atoms with E-state index in [4.69, 9.17) is 0 Å². The Labute approximate surface area is 73.3 Å². The van der Waals surface area contributed by atoms with Gasteiger partial charge in [-0.3, -0.25) is 4.79 Å². The molecule has 2 fully saturated rings. The van der Waals surface area contributed by atoms with Crippen molar-refractivity contribution < 1.29 is 4.79 Å². The zero-order valence-corrected chi connectivity index (χ0v) is 7.84. The van der Waals surface area contributed by atoms with Crippen molar-refractivity contribution in [3.05, 3.63) is 0 Å². The van der Waals surface area contributed by atoms with Crippen LogP contribution in [0.2, 0.25) is 0 Å². The summed E-state index contributed by atoms with van der Waals surface area (Å²) in [5.74, 6) is 0.315. The molecule has 1 amide bonds. The van der Waals surface area contributed by atoms with E-state index in [-0.39, 0.29) is 0 Å². The Bertz CT molecular complexity index is 209. The molecule has 1 spiro atoms. The molecule has 2 aliphatic heterocycles. The number of carbonyl (C=O) groups is 1. The number of carbonyl (C=O) groups excluding carboxylic acids is 1. The molecule has 0 bridgehead atoms. The summed E-state index contributed by atoms with van der Waals surface area (Å²) in [5.41, 5.74) is 0.456. The van der Waals surface area contributed by atoms with E-state index in [9.17, 15) is 4.79 Å². The molecule has 3 heteroatoms. The second kappa shape index (κ2) is 2.46. The number of piperidine rings is 1. The first-order valence-corrected chi connectivity index (χ1v) is 4.54. The van der Waals surface area contributed by atoms with Gasteiger partial charge in [0.05, 0.1) is 0 Å². The Morgan fingerprint density at radius 1 is 1.25 bits per heavy atom. The standard InChI is InChI=1S/C9H16N2O/c1-10-5-9(6-10)4-3-8(12)11(2)7-9/h3-7H2,1-2H3. The van der Waals surface area contributed by atoms with E-state index in [1.54, 1.807) is 0 Å². The summed E-state index contributed by atoms with van der Waals surface area (Å²) < 4.78 is 0. The maximum Gasteiger partial charge on any atom is 0.222 e. The third-order valence-corrected chi connectivity index (χ3v) is 3.08. The van der Waals surface area contributed by atoms with Crippen LogP contribution in [0.3, 0.4) is 0 Å². The van der Waals surface area contributed by atoms with Crippen LogP contribution in [0.25, 0.3) is 0 Å². The molecule has 0 unspecified atom stereocenters. The molecule has 0 aliphatic carbocycles. The van der Waals surface area contributed by atoms with Gasteiger partial charge in [0, 0.05) is 38.5 Å². The van der Waals surface area contributed by atoms with Crippen molar-refractivity contribution in [1.82, 2.24) is 9.80 Å². The van der Waals surface area contributed by atoms with E-state index < -0.39 is 0 Å². The molecule has 0 radical (unpaired) electrons. The van der Waals surface area contributed by atoms with E-state index in [0.717, 1.165) is 19.4 Å². The number of nitrogens with zero attached hydrogens (tertiary/aromatic N) is 2. The van der Waals surface area contributed by atoms with E-state index in [1.165, 1.54) is 13.1 Å². The number of likely N-dealkylation sites (tertiary alicyclic amines) is 2. The first kappa shape index (κ1) is 8.05. The molecule has 68 valence electrons. The monoisotopic (exact) mass is 168 g/mol. The lowest BCUT2D eigenvalue weighted by Crippen LogP contribution is -2.61. The molecule has 0 N–H and O–H groups in total. The highest BCUT2D eigenvalue weighted by Gasteiger charge is 2.44. The van der Waals surface area contributed by atoms with Crippen LogP contribution in [-0.2, 0) is 4.79 Å². The predicted molar refractivity (Wildman–Crippen MR) is 46.8 cm³/mol. The molecule has 2 aliphatic rings. The smallest absolute Gasteiger partial charge is 0.222 e. The molecule has 2 saturated heterocycles. The SMILES string of the molecule is CN1CC2(CCC(=O)N(C)C2)C1. The third kappa shape index (κ3) is 1.12. The highest BCUT2D eigenvalue weighted by molar-refractivity contribution is 5.76. The number of amides is 1. The number of rotatable bonds is 0. The summed E-state index contributed by atoms with van der Waals surface area (Å²) in [6.07, 6.45) is 1.85. The summed E-state index contributed by atoms with van der Waals surface area (Å²) in [4.78, 5) is 15.4. The molecule has 2 heterocycles. The van der Waals surface area contributed by atoms with Crippen LogP contribution in [0.5, 0.6) is 0 Å². The van der Waals surface area contributed by atoms with E-state index in [1.807, 2.05) is 11.9 Å². The van der Waals surface area contributed by atoms with Crippen molar-refractivity contribution in [3.8, 4) is 0 Å². The molecule has 0 aromatic carbocycles. The van der Waals surface area contributed by atoms with Gasteiger partial charge in [0.15, 0.2) is 0 Å². The molecule has 0 saturated carbocycles. The van der Waals surface area contributed by atoms with Gasteiger partial charge in [0.25, 0.3) is 0 Å². The van der Waals surface area contributed by atoms with Gasteiger partial charge in [-0.15, -0.1) is 0 Å². The molecular formula is C9H16N2O. The minimum absolute atomic E-state index is 0.315. The lowest BCUT2D eigenvalue weighted by Gasteiger charge is -2.52. The maximum atomic E-state index is 11.2. The highest BCUT2D eigenvalue weighted by Crippen LogP contribution is 2.37. The van der Waals surface area contributed by atoms with Crippen molar-refractivity contribution in [2.24, 2.45) is 5.41 Å². The third-order valence-electron chi connectivity index (χ3n) is 3.08. The molecule has 2 rings (SSSR count). The molecule has 0 atom stereocenters. The van der Waals surface area contributed by atoms with Crippen LogP contribution in [0.15, 0.2) is 0 Å². The van der Waals surface area contributed by atoms with Crippen molar-refractivity contribution in [3.63, 3.8) is 0 Å². The van der Waals surface area contributed by atoms with Crippen LogP contribution in [0.1, 0.15) is 12.8 Å². The topological polar surface area (TPSA) is 23.6 Å². The summed E-state index contributed by atoms with van der Waals surface area (Å²) in [5, 5.41) is 0. The first-order valence-electron chi connectivity index (χ1n) is 4.54. The van der Waals surface area contributed by atoms with Gasteiger partial charge in [0.2, 0.25) is 5.91 Å². The van der Waals surface area contributed by atoms with Gasteiger partial charge in [0.1, 0.15) is 0 Å². The fourth-order valence-electron chi connectivity index (χ4n) is 2.59. The van der Waals surface area contributed by atoms with Crippen LogP contribution in [0.4, 0.5) is 0 Å². The van der Waals surface area contributed by atoms with Gasteiger partial charge in [-0.1, -0.05) is 0 Å². The van der Waals surface area contributed by atoms with E-state index >= 15 is 0 Å². The minimum Gasteiger partial charge on any atom is -0.345 e. The lowest BCUT2D eigenvalue weighted by molar-refractivity contribution is -0.141. The normalized spacial score (nSPS) is 29.2. The summed E-state index contributed by atoms with van der Waals surface area (Å²) >= 11 is 0. The van der Waals surface area contributed by atoms with Crippen LogP contribution >= 0.6 is 0 Å². The average molecular weight is 168 g/mol. The van der Waals surface area contributed by atoms with Gasteiger partial charge < -0.3 is 9.80 Å². The van der Waals surface area contributed by atoms with Crippen molar-refractivity contribution >= 4 is 5.91 Å². The lowest BCUT2D eigenvalue weighted by atomic mass is 9.73. The second-order valence-corrected chi connectivity index (χ2v) is 4.42. The minimum atomic E-state index is 0.315. The Kier molecular flexibility index (Phi) is 1.65. The zero-order chi connectivity index (χ0) is 8.77. The first-order chi connectivity index (χ1) is 5.61. The highest BCUT2D eigenvalue weighted by atomic mass is 16.2. The van der Waals surface area contributed by atoms with Gasteiger partial charge in [-0.2, -0.15) is 0 Å². The van der Waals surface area contributed by atoms with Crippen LogP contribution in [0, 0.1) is 5.41 Å². The number of hydrogen-bond acceptors (Lipinski definition) is 2. The van der Waals surface area contributed by atoms with Crippen LogP contribution in [-0.4, -0.2) is 49.4 Å². The van der Waals surface area contributed by atoms with Crippen molar-refractivity contribution in [2.45, 2.75) is 12.8 Å². The fraction of sp³-hybridized carbons (Fsp3) is 0.889. The largest absolute Gasteiger partial charge is 0.345 e. The maximum absolute atomic E-state index is 11.2. The summed E-state index contributed by atoms with van der Waals surface area (Å²) in [7, 11) is 4.06. The Morgan fingerprint density at radius 3 is 2.42 bits per heavy atom. The quantitative estimate of drug-likeness (QED) is 0.515. The molecular weight excluding hydrogens is 152 g/mol. The van der Waals surface area contributed by atoms with E-state index in [2.05, 4.69) is 11.9 Å². The van der Waals surface area contributed by atoms with Gasteiger partial charge >= 0.3 is 0 Å². The Morgan fingerprint density at radius 2 is 1.92 bits per heavy atom. The Hall–Kier alpha value is -0.570. The predicted octanol–water partition coefficient (Wildman–Crippen LogP) is 0.170. The van der Waals surface area contributed by atoms with Gasteiger partial charge in [-0.25, -0.2) is 0 Å². The molecule has 3 nitrogen and oxygen atoms in total. The van der Waals surface area contributed by atoms with Crippen LogP contribution < -0.4 is 0 Å². The summed E-state index contributed by atoms with van der Waals surface area (Å²) in [6.45, 7) is 3.31. The molecule has 0 aromatic heterocycles. The fourth-order valence-corrected chi connectivity index (χ4v) is 2.59. The number of hydrogen-bond donors (Lipinski definition) is 0. The van der Waals surface area contributed by atoms with Crippen molar-refractivity contribution in [2.75, 3.05) is 33.7 Å². The Balaban J connectivity index is 1.99. The molecule has 0 aromatic rings. The average Bonchev–Trinajstić information content (AvgIpc) is 1.95. The van der Waals surface area contributed by atoms with Gasteiger partial charge in [-0.05, 0) is 13.5 Å². The summed E-state index contributed by atoms with van der Waals surface area (Å²) in [6, 6.07) is 0. The second-order valence-electron chi connectivity index (χ2n) is 4.42.